The topological polar surface area (TPSA) is 59.3 Å². The molecule has 0 aliphatic carbocycles. The zero-order valence-electron chi connectivity index (χ0n) is 18.7. The summed E-state index contributed by atoms with van der Waals surface area (Å²) in [6.45, 7) is 0. The summed E-state index contributed by atoms with van der Waals surface area (Å²) in [6.07, 6.45) is 0.631. The van der Waals surface area contributed by atoms with Crippen LogP contribution in [0.2, 0.25) is 0 Å². The Labute approximate surface area is 210 Å². The highest BCUT2D eigenvalue weighted by Crippen LogP contribution is 2.27. The van der Waals surface area contributed by atoms with Gasteiger partial charge in [0, 0.05) is 10.9 Å². The fourth-order valence-electron chi connectivity index (χ4n) is 4.48. The van der Waals surface area contributed by atoms with Gasteiger partial charge in [0.1, 0.15) is 11.9 Å². The smallest absolute Gasteiger partial charge is 0.266 e. The van der Waals surface area contributed by atoms with Crippen LogP contribution in [-0.2, 0) is 0 Å². The number of para-hydroxylation sites is 1. The second-order valence-corrected chi connectivity index (χ2v) is 9.41. The van der Waals surface area contributed by atoms with Gasteiger partial charge in [0.2, 0.25) is 0 Å². The molecular formula is C29H21BrN4O. The number of halogens is 1. The first-order valence-corrected chi connectivity index (χ1v) is 12.2. The minimum Gasteiger partial charge on any atom is -0.299 e. The van der Waals surface area contributed by atoms with Crippen LogP contribution in [0.25, 0.3) is 27.7 Å². The van der Waals surface area contributed by atoms with Gasteiger partial charge in [0.05, 0.1) is 22.3 Å². The Balaban J connectivity index is 1.36. The number of hydrogen-bond donors (Lipinski definition) is 1. The Morgan fingerprint density at radius 1 is 0.771 bits per heavy atom. The number of fused-ring (bicyclic) bond motifs is 1. The molecule has 0 fully saturated rings. The summed E-state index contributed by atoms with van der Waals surface area (Å²) < 4.78 is 2.65. The molecule has 5 nitrogen and oxygen atoms in total. The zero-order valence-corrected chi connectivity index (χ0v) is 20.3. The molecular weight excluding hydrogens is 500 g/mol. The molecule has 5 aromatic rings. The van der Waals surface area contributed by atoms with Crippen LogP contribution in [0.1, 0.15) is 23.9 Å². The minimum absolute atomic E-state index is 0.0876. The molecule has 0 radical (unpaired) electrons. The highest BCUT2D eigenvalue weighted by atomic mass is 79.9. The number of nitrogens with one attached hydrogen (secondary N) is 1. The van der Waals surface area contributed by atoms with E-state index >= 15 is 0 Å². The maximum absolute atomic E-state index is 13.6. The molecule has 4 aromatic carbocycles. The second kappa shape index (κ2) is 8.96. The van der Waals surface area contributed by atoms with E-state index in [0.717, 1.165) is 27.0 Å². The Hall–Kier alpha value is -4.03. The molecule has 1 aliphatic rings. The monoisotopic (exact) mass is 520 g/mol. The molecule has 170 valence electrons. The van der Waals surface area contributed by atoms with Crippen LogP contribution in [0.15, 0.2) is 117 Å². The van der Waals surface area contributed by atoms with Gasteiger partial charge < -0.3 is 0 Å². The Kier molecular flexibility index (Phi) is 5.51. The highest BCUT2D eigenvalue weighted by Gasteiger charge is 2.27. The molecule has 35 heavy (non-hydrogen) atoms. The lowest BCUT2D eigenvalue weighted by atomic mass is 9.99. The van der Waals surface area contributed by atoms with Crippen molar-refractivity contribution in [2.45, 2.75) is 12.5 Å². The van der Waals surface area contributed by atoms with E-state index in [-0.39, 0.29) is 11.6 Å². The van der Waals surface area contributed by atoms with Crippen molar-refractivity contribution in [1.29, 1.82) is 0 Å². The molecule has 1 aromatic heterocycles. The largest absolute Gasteiger partial charge is 0.299 e. The average molecular weight is 521 g/mol. The fourth-order valence-corrected chi connectivity index (χ4v) is 4.75. The van der Waals surface area contributed by atoms with Crippen LogP contribution < -0.4 is 11.0 Å². The average Bonchev–Trinajstić information content (AvgIpc) is 3.40. The van der Waals surface area contributed by atoms with Gasteiger partial charge in [-0.2, -0.15) is 5.10 Å². The molecule has 1 aliphatic heterocycles. The molecule has 0 amide bonds. The van der Waals surface area contributed by atoms with Gasteiger partial charge in [0.25, 0.3) is 5.56 Å². The van der Waals surface area contributed by atoms with E-state index in [1.165, 1.54) is 5.56 Å². The van der Waals surface area contributed by atoms with Gasteiger partial charge >= 0.3 is 0 Å². The number of hydrazone groups is 1. The van der Waals surface area contributed by atoms with E-state index in [1.54, 1.807) is 4.57 Å². The van der Waals surface area contributed by atoms with Gasteiger partial charge in [-0.05, 0) is 53.1 Å². The van der Waals surface area contributed by atoms with Gasteiger partial charge in [-0.3, -0.25) is 14.8 Å². The van der Waals surface area contributed by atoms with Crippen molar-refractivity contribution in [3.05, 3.63) is 129 Å². The first-order valence-electron chi connectivity index (χ1n) is 11.4. The molecule has 2 heterocycles. The van der Waals surface area contributed by atoms with Crippen molar-refractivity contribution in [3.8, 4) is 16.8 Å². The van der Waals surface area contributed by atoms with Crippen LogP contribution in [-0.4, -0.2) is 15.3 Å². The van der Waals surface area contributed by atoms with Crippen LogP contribution >= 0.6 is 15.9 Å². The third-order valence-corrected chi connectivity index (χ3v) is 6.80. The maximum atomic E-state index is 13.6. The number of hydrogen-bond acceptors (Lipinski definition) is 4. The Morgan fingerprint density at radius 2 is 1.43 bits per heavy atom. The lowest BCUT2D eigenvalue weighted by Gasteiger charge is -2.18. The van der Waals surface area contributed by atoms with Crippen molar-refractivity contribution in [3.63, 3.8) is 0 Å². The summed E-state index contributed by atoms with van der Waals surface area (Å²) in [5.74, 6) is 0.649. The first kappa shape index (κ1) is 21.5. The van der Waals surface area contributed by atoms with Crippen LogP contribution in [0.4, 0.5) is 0 Å². The van der Waals surface area contributed by atoms with E-state index in [9.17, 15) is 4.79 Å². The van der Waals surface area contributed by atoms with Crippen LogP contribution in [0, 0.1) is 0 Å². The fraction of sp³-hybridized carbons (Fsp3) is 0.0690. The van der Waals surface area contributed by atoms with E-state index in [1.807, 2.05) is 66.7 Å². The van der Waals surface area contributed by atoms with Crippen molar-refractivity contribution in [2.24, 2.45) is 5.10 Å². The van der Waals surface area contributed by atoms with Crippen LogP contribution in [0.5, 0.6) is 0 Å². The van der Waals surface area contributed by atoms with E-state index in [0.29, 0.717) is 23.1 Å². The predicted octanol–water partition coefficient (Wildman–Crippen LogP) is 6.25. The number of rotatable bonds is 4. The molecule has 0 bridgehead atoms. The summed E-state index contributed by atoms with van der Waals surface area (Å²) >= 11 is 3.48. The lowest BCUT2D eigenvalue weighted by molar-refractivity contribution is 0.565. The van der Waals surface area contributed by atoms with Gasteiger partial charge in [-0.25, -0.2) is 4.98 Å². The number of aromatic nitrogens is 2. The van der Waals surface area contributed by atoms with Crippen LogP contribution in [0.3, 0.4) is 0 Å². The quantitative estimate of drug-likeness (QED) is 0.304. The summed E-state index contributed by atoms with van der Waals surface area (Å²) in [6, 6.07) is 33.7. The van der Waals surface area contributed by atoms with Crippen molar-refractivity contribution in [2.75, 3.05) is 0 Å². The summed E-state index contributed by atoms with van der Waals surface area (Å²) in [7, 11) is 0. The molecule has 0 saturated heterocycles. The van der Waals surface area contributed by atoms with Crippen molar-refractivity contribution < 1.29 is 0 Å². The van der Waals surface area contributed by atoms with Gasteiger partial charge in [-0.1, -0.05) is 82.7 Å². The van der Waals surface area contributed by atoms with E-state index < -0.39 is 0 Å². The highest BCUT2D eigenvalue weighted by molar-refractivity contribution is 9.10. The molecule has 1 atom stereocenters. The van der Waals surface area contributed by atoms with Gasteiger partial charge in [0.15, 0.2) is 0 Å². The summed E-state index contributed by atoms with van der Waals surface area (Å²) in [5, 5.41) is 5.22. The lowest BCUT2D eigenvalue weighted by Crippen LogP contribution is -2.28. The second-order valence-electron chi connectivity index (χ2n) is 8.49. The van der Waals surface area contributed by atoms with E-state index in [4.69, 9.17) is 4.98 Å². The number of benzene rings is 4. The standard InChI is InChI=1S/C29H21BrN4O/c30-22-14-16-23(17-15-22)34-28(31-25-9-5-4-8-24(25)29(34)35)27-18-26(32-33-27)21-12-10-20(11-13-21)19-6-2-1-3-7-19/h1-17,27,33H,18H2. The third-order valence-electron chi connectivity index (χ3n) is 6.28. The maximum Gasteiger partial charge on any atom is 0.266 e. The predicted molar refractivity (Wildman–Crippen MR) is 144 cm³/mol. The summed E-state index contributed by atoms with van der Waals surface area (Å²) in [4.78, 5) is 18.5. The normalized spacial score (nSPS) is 15.1. The Morgan fingerprint density at radius 3 is 2.20 bits per heavy atom. The zero-order chi connectivity index (χ0) is 23.8. The van der Waals surface area contributed by atoms with Crippen molar-refractivity contribution >= 4 is 32.5 Å². The molecule has 0 spiro atoms. The summed E-state index contributed by atoms with van der Waals surface area (Å²) in [5.41, 5.74) is 8.95. The molecule has 1 unspecified atom stereocenters. The van der Waals surface area contributed by atoms with E-state index in [2.05, 4.69) is 62.9 Å². The number of nitrogens with zero attached hydrogens (tertiary/aromatic N) is 3. The minimum atomic E-state index is -0.222. The first-order chi connectivity index (χ1) is 17.2. The SMILES string of the molecule is O=c1c2ccccc2nc(C2CC(c3ccc(-c4ccccc4)cc3)=NN2)n1-c1ccc(Br)cc1. The molecule has 6 rings (SSSR count). The Bertz CT molecular complexity index is 1610. The molecule has 6 heteroatoms. The molecule has 0 saturated carbocycles. The third kappa shape index (κ3) is 4.06. The molecule has 1 N–H and O–H groups in total. The van der Waals surface area contributed by atoms with Gasteiger partial charge in [-0.15, -0.1) is 0 Å². The van der Waals surface area contributed by atoms with Crippen molar-refractivity contribution in [1.82, 2.24) is 15.0 Å².